The normalized spacial score (nSPS) is 11.3. The van der Waals surface area contributed by atoms with Crippen LogP contribution in [0.5, 0.6) is 0 Å². The van der Waals surface area contributed by atoms with Gasteiger partial charge in [-0.3, -0.25) is 14.7 Å². The Balaban J connectivity index is 1.67. The number of nitrogens with zero attached hydrogens (tertiary/aromatic N) is 4. The Morgan fingerprint density at radius 1 is 1.14 bits per heavy atom. The summed E-state index contributed by atoms with van der Waals surface area (Å²) in [5.74, 6) is 1.51. The number of rotatable bonds is 6. The van der Waals surface area contributed by atoms with E-state index in [2.05, 4.69) is 10.2 Å². The summed E-state index contributed by atoms with van der Waals surface area (Å²) in [6.07, 6.45) is 3.26. The van der Waals surface area contributed by atoms with Gasteiger partial charge in [-0.1, -0.05) is 30.0 Å². The van der Waals surface area contributed by atoms with Crippen LogP contribution in [0.15, 0.2) is 74.2 Å². The Labute approximate surface area is 163 Å². The molecule has 0 aliphatic carbocycles. The number of aryl methyl sites for hydroxylation is 1. The molecule has 0 aliphatic rings. The zero-order valence-electron chi connectivity index (χ0n) is 14.7. The number of furan rings is 2. The molecule has 0 spiro atoms. The molecular formula is C19H14N4O4S. The van der Waals surface area contributed by atoms with Crippen LogP contribution in [0.3, 0.4) is 0 Å². The molecule has 0 atom stereocenters. The molecule has 8 nitrogen and oxygen atoms in total. The standard InChI is InChI=1S/C19H14N4O4S/c1-13-16(9-11-26-13)18-20-21-19(22(18)14-5-3-2-4-6-14)28-12-10-15-7-8-17(27-15)23(24)25/h2-12H,1H3/b12-10+. The molecule has 0 fully saturated rings. The molecule has 0 unspecified atom stereocenters. The van der Waals surface area contributed by atoms with Gasteiger partial charge in [0.1, 0.15) is 16.4 Å². The fourth-order valence-corrected chi connectivity index (χ4v) is 3.35. The van der Waals surface area contributed by atoms with Crippen LogP contribution in [0.25, 0.3) is 23.2 Å². The number of nitro groups is 1. The van der Waals surface area contributed by atoms with Gasteiger partial charge >= 0.3 is 5.88 Å². The average molecular weight is 394 g/mol. The first kappa shape index (κ1) is 17.8. The maximum Gasteiger partial charge on any atom is 0.433 e. The van der Waals surface area contributed by atoms with Gasteiger partial charge in [0.25, 0.3) is 0 Å². The molecule has 0 aliphatic heterocycles. The van der Waals surface area contributed by atoms with Gasteiger partial charge in [0.05, 0.1) is 17.9 Å². The van der Waals surface area contributed by atoms with Crippen molar-refractivity contribution in [2.24, 2.45) is 0 Å². The van der Waals surface area contributed by atoms with E-state index >= 15 is 0 Å². The third-order valence-electron chi connectivity index (χ3n) is 3.95. The molecule has 3 heterocycles. The van der Waals surface area contributed by atoms with Crippen molar-refractivity contribution in [3.05, 3.63) is 81.8 Å². The van der Waals surface area contributed by atoms with Crippen LogP contribution < -0.4 is 0 Å². The van der Waals surface area contributed by atoms with Crippen LogP contribution in [0.1, 0.15) is 11.5 Å². The van der Waals surface area contributed by atoms with E-state index in [-0.39, 0.29) is 5.88 Å². The van der Waals surface area contributed by atoms with Crippen LogP contribution in [-0.4, -0.2) is 19.7 Å². The van der Waals surface area contributed by atoms with Crippen molar-refractivity contribution in [2.45, 2.75) is 12.1 Å². The van der Waals surface area contributed by atoms with E-state index < -0.39 is 4.92 Å². The topological polar surface area (TPSA) is 100 Å². The molecule has 4 aromatic rings. The molecule has 140 valence electrons. The van der Waals surface area contributed by atoms with Crippen molar-refractivity contribution >= 4 is 23.7 Å². The van der Waals surface area contributed by atoms with Crippen molar-refractivity contribution in [1.29, 1.82) is 0 Å². The number of benzene rings is 1. The fourth-order valence-electron chi connectivity index (χ4n) is 2.64. The second kappa shape index (κ2) is 7.57. The summed E-state index contributed by atoms with van der Waals surface area (Å²) in [6.45, 7) is 1.87. The highest BCUT2D eigenvalue weighted by Gasteiger charge is 2.18. The van der Waals surface area contributed by atoms with Gasteiger partial charge in [-0.15, -0.1) is 10.2 Å². The summed E-state index contributed by atoms with van der Waals surface area (Å²) in [7, 11) is 0. The number of hydrogen-bond donors (Lipinski definition) is 0. The summed E-state index contributed by atoms with van der Waals surface area (Å²) in [5.41, 5.74) is 1.77. The molecule has 0 radical (unpaired) electrons. The van der Waals surface area contributed by atoms with Crippen LogP contribution >= 0.6 is 11.8 Å². The number of aromatic nitrogens is 3. The summed E-state index contributed by atoms with van der Waals surface area (Å²) in [4.78, 5) is 10.1. The van der Waals surface area contributed by atoms with Gasteiger partial charge in [0.15, 0.2) is 11.0 Å². The molecule has 1 aromatic carbocycles. The smallest absolute Gasteiger partial charge is 0.433 e. The second-order valence-electron chi connectivity index (χ2n) is 5.72. The minimum Gasteiger partial charge on any atom is -0.469 e. The Hall–Kier alpha value is -3.59. The minimum absolute atomic E-state index is 0.296. The first-order valence-corrected chi connectivity index (χ1v) is 9.14. The monoisotopic (exact) mass is 394 g/mol. The lowest BCUT2D eigenvalue weighted by atomic mass is 10.2. The third kappa shape index (κ3) is 3.47. The Morgan fingerprint density at radius 3 is 2.64 bits per heavy atom. The van der Waals surface area contributed by atoms with Gasteiger partial charge < -0.3 is 8.83 Å². The highest BCUT2D eigenvalue weighted by Crippen LogP contribution is 2.31. The number of para-hydroxylation sites is 1. The maximum absolute atomic E-state index is 10.7. The van der Waals surface area contributed by atoms with E-state index in [1.165, 1.54) is 23.9 Å². The van der Waals surface area contributed by atoms with Gasteiger partial charge in [0.2, 0.25) is 0 Å². The molecule has 0 N–H and O–H groups in total. The Kier molecular flexibility index (Phi) is 4.81. The molecule has 0 saturated heterocycles. The van der Waals surface area contributed by atoms with Crippen LogP contribution in [0.2, 0.25) is 0 Å². The van der Waals surface area contributed by atoms with E-state index in [0.717, 1.165) is 17.0 Å². The first-order valence-electron chi connectivity index (χ1n) is 8.26. The third-order valence-corrected chi connectivity index (χ3v) is 4.69. The largest absolute Gasteiger partial charge is 0.469 e. The maximum atomic E-state index is 10.7. The van der Waals surface area contributed by atoms with Crippen LogP contribution in [0, 0.1) is 17.0 Å². The number of hydrogen-bond acceptors (Lipinski definition) is 7. The van der Waals surface area contributed by atoms with E-state index in [4.69, 9.17) is 8.83 Å². The van der Waals surface area contributed by atoms with E-state index in [9.17, 15) is 10.1 Å². The lowest BCUT2D eigenvalue weighted by Crippen LogP contribution is -1.98. The second-order valence-corrected chi connectivity index (χ2v) is 6.59. The van der Waals surface area contributed by atoms with E-state index in [0.29, 0.717) is 16.7 Å². The van der Waals surface area contributed by atoms with Gasteiger partial charge in [-0.2, -0.15) is 0 Å². The van der Waals surface area contributed by atoms with Gasteiger partial charge in [-0.25, -0.2) is 0 Å². The van der Waals surface area contributed by atoms with E-state index in [1.807, 2.05) is 47.9 Å². The molecule has 4 rings (SSSR count). The lowest BCUT2D eigenvalue weighted by molar-refractivity contribution is -0.402. The zero-order chi connectivity index (χ0) is 19.5. The van der Waals surface area contributed by atoms with Crippen molar-refractivity contribution in [2.75, 3.05) is 0 Å². The molecule has 0 amide bonds. The molecule has 28 heavy (non-hydrogen) atoms. The van der Waals surface area contributed by atoms with Crippen molar-refractivity contribution in [1.82, 2.24) is 14.8 Å². The van der Waals surface area contributed by atoms with Crippen molar-refractivity contribution < 1.29 is 13.8 Å². The lowest BCUT2D eigenvalue weighted by Gasteiger charge is -2.08. The van der Waals surface area contributed by atoms with Gasteiger partial charge in [0, 0.05) is 5.69 Å². The first-order chi connectivity index (χ1) is 13.6. The average Bonchev–Trinajstić information content (AvgIpc) is 3.42. The fraction of sp³-hybridized carbons (Fsp3) is 0.0526. The summed E-state index contributed by atoms with van der Waals surface area (Å²) < 4.78 is 12.5. The predicted octanol–water partition coefficient (Wildman–Crippen LogP) is 5.10. The highest BCUT2D eigenvalue weighted by atomic mass is 32.2. The highest BCUT2D eigenvalue weighted by molar-refractivity contribution is 8.02. The minimum atomic E-state index is -0.573. The van der Waals surface area contributed by atoms with Gasteiger partial charge in [-0.05, 0) is 42.7 Å². The SMILES string of the molecule is Cc1occc1-c1nnc(S/C=C/c2ccc([N+](=O)[O-])o2)n1-c1ccccc1. The van der Waals surface area contributed by atoms with E-state index in [1.54, 1.807) is 17.7 Å². The number of thioether (sulfide) groups is 1. The van der Waals surface area contributed by atoms with Crippen molar-refractivity contribution in [3.63, 3.8) is 0 Å². The van der Waals surface area contributed by atoms with Crippen LogP contribution in [0.4, 0.5) is 5.88 Å². The summed E-state index contributed by atoms with van der Waals surface area (Å²) >= 11 is 1.33. The Bertz CT molecular complexity index is 1140. The molecular weight excluding hydrogens is 380 g/mol. The molecule has 9 heteroatoms. The quantitative estimate of drug-likeness (QED) is 0.255. The predicted molar refractivity (Wildman–Crippen MR) is 104 cm³/mol. The summed E-state index contributed by atoms with van der Waals surface area (Å²) in [5, 5.41) is 21.7. The summed E-state index contributed by atoms with van der Waals surface area (Å²) in [6, 6.07) is 14.4. The molecule has 3 aromatic heterocycles. The van der Waals surface area contributed by atoms with Crippen molar-refractivity contribution in [3.8, 4) is 17.1 Å². The van der Waals surface area contributed by atoms with Crippen LogP contribution in [-0.2, 0) is 0 Å². The zero-order valence-corrected chi connectivity index (χ0v) is 15.5. The Morgan fingerprint density at radius 2 is 1.96 bits per heavy atom. The molecule has 0 bridgehead atoms. The molecule has 0 saturated carbocycles.